The summed E-state index contributed by atoms with van der Waals surface area (Å²) >= 11 is 0. The summed E-state index contributed by atoms with van der Waals surface area (Å²) in [6, 6.07) is 2.51. The molecule has 0 aliphatic carbocycles. The van der Waals surface area contributed by atoms with E-state index in [1.807, 2.05) is 6.07 Å². The molecular weight excluding hydrogens is 200 g/mol. The zero-order valence-corrected chi connectivity index (χ0v) is 9.51. The smallest absolute Gasteiger partial charge is 0.159 e. The highest BCUT2D eigenvalue weighted by molar-refractivity contribution is 5.42. The summed E-state index contributed by atoms with van der Waals surface area (Å²) in [5.41, 5.74) is 0. The average molecular weight is 218 g/mol. The zero-order chi connectivity index (χ0) is 10.8. The van der Waals surface area contributed by atoms with Gasteiger partial charge in [-0.25, -0.2) is 0 Å². The maximum absolute atomic E-state index is 5.08. The van der Waals surface area contributed by atoms with Gasteiger partial charge in [0.05, 0.1) is 6.20 Å². The van der Waals surface area contributed by atoms with Crippen molar-refractivity contribution in [2.45, 2.75) is 31.7 Å². The Balaban J connectivity index is 1.70. The Morgan fingerprint density at radius 1 is 1.25 bits per heavy atom. The Hall–Kier alpha value is -1.09. The van der Waals surface area contributed by atoms with Crippen molar-refractivity contribution in [3.8, 4) is 0 Å². The molecule has 4 rings (SSSR count). The van der Waals surface area contributed by atoms with Crippen LogP contribution in [0.5, 0.6) is 0 Å². The van der Waals surface area contributed by atoms with Crippen molar-refractivity contribution < 1.29 is 4.52 Å². The molecule has 3 aliphatic rings. The molecule has 0 aromatic carbocycles. The summed E-state index contributed by atoms with van der Waals surface area (Å²) in [6.07, 6.45) is 11.5. The predicted molar refractivity (Wildman–Crippen MR) is 62.9 cm³/mol. The van der Waals surface area contributed by atoms with Crippen LogP contribution in [0.2, 0.25) is 0 Å². The molecule has 4 heterocycles. The van der Waals surface area contributed by atoms with E-state index >= 15 is 0 Å². The Labute approximate surface area is 96.1 Å². The molecule has 3 heteroatoms. The molecule has 0 N–H and O–H groups in total. The first kappa shape index (κ1) is 10.1. The quantitative estimate of drug-likeness (QED) is 0.764. The number of hydrogen-bond donors (Lipinski definition) is 0. The molecule has 0 saturated carbocycles. The minimum Gasteiger partial charge on any atom is -0.357 e. The SMILES string of the molecule is C(=C\C1CCC2CCN1CC2)/c1ccno1. The summed E-state index contributed by atoms with van der Waals surface area (Å²) in [4.78, 5) is 2.61. The Bertz CT molecular complexity index is 350. The van der Waals surface area contributed by atoms with Gasteiger partial charge in [0.1, 0.15) is 0 Å². The molecular formula is C13H18N2O. The molecule has 0 amide bonds. The fraction of sp³-hybridized carbons (Fsp3) is 0.615. The summed E-state index contributed by atoms with van der Waals surface area (Å²) in [6.45, 7) is 2.55. The van der Waals surface area contributed by atoms with Crippen LogP contribution in [0.15, 0.2) is 22.9 Å². The maximum atomic E-state index is 5.08. The molecule has 3 nitrogen and oxygen atoms in total. The topological polar surface area (TPSA) is 29.3 Å². The van der Waals surface area contributed by atoms with E-state index in [9.17, 15) is 0 Å². The maximum Gasteiger partial charge on any atom is 0.159 e. The van der Waals surface area contributed by atoms with Crippen LogP contribution in [0.3, 0.4) is 0 Å². The van der Waals surface area contributed by atoms with E-state index < -0.39 is 0 Å². The standard InChI is InChI=1S/C13H18N2O/c1-2-12(3-4-13-5-8-14-16-13)15-9-6-11(1)7-10-15/h3-5,8,11-12H,1-2,6-7,9-10H2/b4-3+. The van der Waals surface area contributed by atoms with Crippen LogP contribution >= 0.6 is 0 Å². The lowest BCUT2D eigenvalue weighted by Crippen LogP contribution is -2.36. The third-order valence-electron chi connectivity index (χ3n) is 3.93. The number of piperidine rings is 1. The molecule has 3 saturated heterocycles. The monoisotopic (exact) mass is 218 g/mol. The van der Waals surface area contributed by atoms with E-state index in [0.29, 0.717) is 6.04 Å². The van der Waals surface area contributed by atoms with Crippen LogP contribution in [0.25, 0.3) is 6.08 Å². The molecule has 3 fully saturated rings. The van der Waals surface area contributed by atoms with E-state index in [0.717, 1.165) is 11.7 Å². The molecule has 1 atom stereocenters. The van der Waals surface area contributed by atoms with Crippen molar-refractivity contribution in [1.29, 1.82) is 0 Å². The van der Waals surface area contributed by atoms with Gasteiger partial charge in [0, 0.05) is 12.1 Å². The van der Waals surface area contributed by atoms with E-state index in [4.69, 9.17) is 4.52 Å². The van der Waals surface area contributed by atoms with Crippen molar-refractivity contribution in [1.82, 2.24) is 10.1 Å². The molecule has 0 radical (unpaired) electrons. The first-order valence-electron chi connectivity index (χ1n) is 6.25. The molecule has 3 aliphatic heterocycles. The molecule has 16 heavy (non-hydrogen) atoms. The zero-order valence-electron chi connectivity index (χ0n) is 9.51. The highest BCUT2D eigenvalue weighted by Crippen LogP contribution is 2.30. The Morgan fingerprint density at radius 3 is 2.88 bits per heavy atom. The van der Waals surface area contributed by atoms with E-state index in [-0.39, 0.29) is 0 Å². The van der Waals surface area contributed by atoms with Crippen LogP contribution in [0.4, 0.5) is 0 Å². The van der Waals surface area contributed by atoms with Gasteiger partial charge in [-0.15, -0.1) is 0 Å². The van der Waals surface area contributed by atoms with Crippen molar-refractivity contribution in [2.24, 2.45) is 5.92 Å². The Morgan fingerprint density at radius 2 is 2.12 bits per heavy atom. The van der Waals surface area contributed by atoms with E-state index in [1.165, 1.54) is 38.8 Å². The fourth-order valence-corrected chi connectivity index (χ4v) is 2.90. The van der Waals surface area contributed by atoms with Gasteiger partial charge in [-0.05, 0) is 50.8 Å². The largest absolute Gasteiger partial charge is 0.357 e. The van der Waals surface area contributed by atoms with Crippen molar-refractivity contribution in [3.05, 3.63) is 24.1 Å². The van der Waals surface area contributed by atoms with Gasteiger partial charge in [0.25, 0.3) is 0 Å². The third-order valence-corrected chi connectivity index (χ3v) is 3.93. The third kappa shape index (κ3) is 2.05. The molecule has 1 aromatic heterocycles. The highest BCUT2D eigenvalue weighted by atomic mass is 16.5. The molecule has 0 spiro atoms. The lowest BCUT2D eigenvalue weighted by molar-refractivity contribution is 0.194. The highest BCUT2D eigenvalue weighted by Gasteiger charge is 2.28. The minimum atomic E-state index is 0.609. The van der Waals surface area contributed by atoms with Gasteiger partial charge in [-0.2, -0.15) is 0 Å². The summed E-state index contributed by atoms with van der Waals surface area (Å²) in [7, 11) is 0. The second-order valence-electron chi connectivity index (χ2n) is 4.90. The Kier molecular flexibility index (Phi) is 2.79. The average Bonchev–Trinajstić information content (AvgIpc) is 2.69. The van der Waals surface area contributed by atoms with Crippen molar-refractivity contribution in [3.63, 3.8) is 0 Å². The van der Waals surface area contributed by atoms with Gasteiger partial charge in [-0.3, -0.25) is 4.90 Å². The van der Waals surface area contributed by atoms with Crippen molar-refractivity contribution in [2.75, 3.05) is 13.1 Å². The van der Waals surface area contributed by atoms with Gasteiger partial charge in [0.15, 0.2) is 5.76 Å². The first-order chi connectivity index (χ1) is 7.92. The number of rotatable bonds is 2. The predicted octanol–water partition coefficient (Wildman–Crippen LogP) is 2.56. The van der Waals surface area contributed by atoms with Crippen LogP contribution in [-0.4, -0.2) is 29.2 Å². The number of fused-ring (bicyclic) bond motifs is 4. The summed E-state index contributed by atoms with van der Waals surface area (Å²) < 4.78 is 5.08. The number of hydrogen-bond acceptors (Lipinski definition) is 3. The van der Waals surface area contributed by atoms with Crippen LogP contribution < -0.4 is 0 Å². The van der Waals surface area contributed by atoms with E-state index in [1.54, 1.807) is 6.20 Å². The van der Waals surface area contributed by atoms with Gasteiger partial charge < -0.3 is 4.52 Å². The molecule has 1 aromatic rings. The van der Waals surface area contributed by atoms with Crippen LogP contribution in [0.1, 0.15) is 31.4 Å². The van der Waals surface area contributed by atoms with Crippen LogP contribution in [0, 0.1) is 5.92 Å². The van der Waals surface area contributed by atoms with Gasteiger partial charge >= 0.3 is 0 Å². The first-order valence-corrected chi connectivity index (χ1v) is 6.25. The van der Waals surface area contributed by atoms with Crippen LogP contribution in [-0.2, 0) is 0 Å². The lowest BCUT2D eigenvalue weighted by Gasteiger charge is -2.30. The van der Waals surface area contributed by atoms with Gasteiger partial charge in [-0.1, -0.05) is 11.2 Å². The number of nitrogens with zero attached hydrogens (tertiary/aromatic N) is 2. The van der Waals surface area contributed by atoms with Crippen molar-refractivity contribution >= 4 is 6.08 Å². The van der Waals surface area contributed by atoms with E-state index in [2.05, 4.69) is 22.2 Å². The lowest BCUT2D eigenvalue weighted by atomic mass is 9.95. The fourth-order valence-electron chi connectivity index (χ4n) is 2.90. The normalized spacial score (nSPS) is 34.4. The molecule has 86 valence electrons. The van der Waals surface area contributed by atoms with Gasteiger partial charge in [0.2, 0.25) is 0 Å². The summed E-state index contributed by atoms with van der Waals surface area (Å²) in [5.74, 6) is 1.85. The molecule has 1 unspecified atom stereocenters. The second kappa shape index (κ2) is 4.42. The molecule has 2 bridgehead atoms. The summed E-state index contributed by atoms with van der Waals surface area (Å²) in [5, 5.41) is 3.71. The second-order valence-corrected chi connectivity index (χ2v) is 4.90. The number of aromatic nitrogens is 1. The minimum absolute atomic E-state index is 0.609.